The lowest BCUT2D eigenvalue weighted by Crippen LogP contribution is -2.45. The van der Waals surface area contributed by atoms with Crippen molar-refractivity contribution in [1.29, 1.82) is 0 Å². The molecule has 122 valence electrons. The highest BCUT2D eigenvalue weighted by molar-refractivity contribution is 5.77. The molecule has 5 heteroatoms. The summed E-state index contributed by atoms with van der Waals surface area (Å²) in [6.07, 6.45) is 1.57. The summed E-state index contributed by atoms with van der Waals surface area (Å²) in [7, 11) is 1.76. The third-order valence-electron chi connectivity index (χ3n) is 4.22. The number of carbonyl (C=O) groups excluding carboxylic acids is 1. The van der Waals surface area contributed by atoms with Gasteiger partial charge in [0.1, 0.15) is 6.61 Å². The van der Waals surface area contributed by atoms with Gasteiger partial charge in [-0.3, -0.25) is 4.79 Å². The zero-order valence-electron chi connectivity index (χ0n) is 13.2. The van der Waals surface area contributed by atoms with E-state index < -0.39 is 0 Å². The number of amides is 1. The summed E-state index contributed by atoms with van der Waals surface area (Å²) < 4.78 is 10.8. The molecule has 1 aliphatic heterocycles. The van der Waals surface area contributed by atoms with Gasteiger partial charge in [0.25, 0.3) is 0 Å². The molecule has 5 nitrogen and oxygen atoms in total. The van der Waals surface area contributed by atoms with Crippen LogP contribution in [-0.4, -0.2) is 55.9 Å². The number of rotatable bonds is 7. The Labute approximate surface area is 131 Å². The van der Waals surface area contributed by atoms with Crippen molar-refractivity contribution >= 4 is 5.91 Å². The SMILES string of the molecule is CN(CC1(CO)CCOCC1)C(=O)COCc1ccccc1. The van der Waals surface area contributed by atoms with Crippen molar-refractivity contribution in [2.24, 2.45) is 5.41 Å². The van der Waals surface area contributed by atoms with Crippen LogP contribution in [0.3, 0.4) is 0 Å². The minimum Gasteiger partial charge on any atom is -0.396 e. The van der Waals surface area contributed by atoms with Gasteiger partial charge >= 0.3 is 0 Å². The van der Waals surface area contributed by atoms with Gasteiger partial charge in [0.15, 0.2) is 0 Å². The summed E-state index contributed by atoms with van der Waals surface area (Å²) in [5, 5.41) is 9.67. The zero-order valence-corrected chi connectivity index (χ0v) is 13.2. The van der Waals surface area contributed by atoms with E-state index in [1.807, 2.05) is 30.3 Å². The number of carbonyl (C=O) groups is 1. The lowest BCUT2D eigenvalue weighted by Gasteiger charge is -2.38. The second-order valence-electron chi connectivity index (χ2n) is 6.00. The number of aliphatic hydroxyl groups excluding tert-OH is 1. The largest absolute Gasteiger partial charge is 0.396 e. The van der Waals surface area contributed by atoms with Crippen LogP contribution in [0.4, 0.5) is 0 Å². The molecule has 22 heavy (non-hydrogen) atoms. The summed E-state index contributed by atoms with van der Waals surface area (Å²) in [4.78, 5) is 13.8. The van der Waals surface area contributed by atoms with Gasteiger partial charge in [-0.05, 0) is 18.4 Å². The maximum absolute atomic E-state index is 12.2. The smallest absolute Gasteiger partial charge is 0.248 e. The Morgan fingerprint density at radius 2 is 2.00 bits per heavy atom. The number of hydrogen-bond donors (Lipinski definition) is 1. The summed E-state index contributed by atoms with van der Waals surface area (Å²) in [6, 6.07) is 9.78. The van der Waals surface area contributed by atoms with Crippen LogP contribution in [0.5, 0.6) is 0 Å². The first-order valence-corrected chi connectivity index (χ1v) is 7.69. The van der Waals surface area contributed by atoms with Crippen LogP contribution in [0.2, 0.25) is 0 Å². The van der Waals surface area contributed by atoms with Crippen LogP contribution < -0.4 is 0 Å². The Morgan fingerprint density at radius 3 is 2.64 bits per heavy atom. The first kappa shape index (κ1) is 16.9. The molecular weight excluding hydrogens is 282 g/mol. The Morgan fingerprint density at radius 1 is 1.32 bits per heavy atom. The topological polar surface area (TPSA) is 59.0 Å². The van der Waals surface area contributed by atoms with Crippen molar-refractivity contribution in [3.63, 3.8) is 0 Å². The number of benzene rings is 1. The van der Waals surface area contributed by atoms with E-state index in [2.05, 4.69) is 0 Å². The molecule has 1 heterocycles. The van der Waals surface area contributed by atoms with E-state index >= 15 is 0 Å². The number of likely N-dealkylation sites (N-methyl/N-ethyl adjacent to an activating group) is 1. The molecule has 1 amide bonds. The highest BCUT2D eigenvalue weighted by Gasteiger charge is 2.34. The first-order chi connectivity index (χ1) is 10.7. The van der Waals surface area contributed by atoms with E-state index in [1.165, 1.54) is 0 Å². The van der Waals surface area contributed by atoms with E-state index in [0.29, 0.717) is 26.4 Å². The third-order valence-corrected chi connectivity index (χ3v) is 4.22. The van der Waals surface area contributed by atoms with E-state index in [0.717, 1.165) is 18.4 Å². The van der Waals surface area contributed by atoms with Gasteiger partial charge in [-0.15, -0.1) is 0 Å². The molecule has 1 saturated heterocycles. The Hall–Kier alpha value is -1.43. The Kier molecular flexibility index (Phi) is 6.36. The molecule has 0 atom stereocenters. The third kappa shape index (κ3) is 4.80. The van der Waals surface area contributed by atoms with Gasteiger partial charge in [0, 0.05) is 32.2 Å². The second kappa shape index (κ2) is 8.27. The van der Waals surface area contributed by atoms with Gasteiger partial charge < -0.3 is 19.5 Å². The first-order valence-electron chi connectivity index (χ1n) is 7.69. The lowest BCUT2D eigenvalue weighted by atomic mass is 9.80. The Bertz CT molecular complexity index is 457. The molecule has 0 saturated carbocycles. The molecule has 0 spiro atoms. The fraction of sp³-hybridized carbons (Fsp3) is 0.588. The van der Waals surface area contributed by atoms with Crippen LogP contribution in [0.1, 0.15) is 18.4 Å². The quantitative estimate of drug-likeness (QED) is 0.828. The van der Waals surface area contributed by atoms with Crippen molar-refractivity contribution in [2.45, 2.75) is 19.4 Å². The zero-order chi connectivity index (χ0) is 15.8. The van der Waals surface area contributed by atoms with Gasteiger partial charge in [-0.25, -0.2) is 0 Å². The molecule has 1 fully saturated rings. The Balaban J connectivity index is 1.76. The van der Waals surface area contributed by atoms with Crippen LogP contribution in [-0.2, 0) is 20.9 Å². The van der Waals surface area contributed by atoms with Crippen LogP contribution in [0.15, 0.2) is 30.3 Å². The standard InChI is InChI=1S/C17H25NO4/c1-18(13-17(14-19)7-9-21-10-8-17)16(20)12-22-11-15-5-3-2-4-6-15/h2-6,19H,7-14H2,1H3. The van der Waals surface area contributed by atoms with Crippen LogP contribution in [0, 0.1) is 5.41 Å². The number of hydrogen-bond acceptors (Lipinski definition) is 4. The van der Waals surface area contributed by atoms with Gasteiger partial charge in [0.2, 0.25) is 5.91 Å². The second-order valence-corrected chi connectivity index (χ2v) is 6.00. The fourth-order valence-corrected chi connectivity index (χ4v) is 2.70. The van der Waals surface area contributed by atoms with Crippen LogP contribution in [0.25, 0.3) is 0 Å². The van der Waals surface area contributed by atoms with E-state index in [-0.39, 0.29) is 24.5 Å². The maximum atomic E-state index is 12.2. The minimum absolute atomic E-state index is 0.0589. The van der Waals surface area contributed by atoms with E-state index in [4.69, 9.17) is 9.47 Å². The molecular formula is C17H25NO4. The molecule has 1 aliphatic rings. The van der Waals surface area contributed by atoms with E-state index in [1.54, 1.807) is 11.9 Å². The molecule has 1 aromatic rings. The predicted molar refractivity (Wildman–Crippen MR) is 83.3 cm³/mol. The lowest BCUT2D eigenvalue weighted by molar-refractivity contribution is -0.138. The highest BCUT2D eigenvalue weighted by atomic mass is 16.5. The fourth-order valence-electron chi connectivity index (χ4n) is 2.70. The molecule has 1 aromatic carbocycles. The number of nitrogens with zero attached hydrogens (tertiary/aromatic N) is 1. The average molecular weight is 307 g/mol. The highest BCUT2D eigenvalue weighted by Crippen LogP contribution is 2.30. The average Bonchev–Trinajstić information content (AvgIpc) is 2.56. The summed E-state index contributed by atoms with van der Waals surface area (Å²) in [6.45, 7) is 2.41. The molecule has 0 unspecified atom stereocenters. The van der Waals surface area contributed by atoms with Crippen molar-refractivity contribution in [1.82, 2.24) is 4.90 Å². The minimum atomic E-state index is -0.234. The molecule has 2 rings (SSSR count). The molecule has 1 N–H and O–H groups in total. The molecule has 0 bridgehead atoms. The van der Waals surface area contributed by atoms with Crippen molar-refractivity contribution in [3.05, 3.63) is 35.9 Å². The van der Waals surface area contributed by atoms with Crippen molar-refractivity contribution < 1.29 is 19.4 Å². The number of ether oxygens (including phenoxy) is 2. The molecule has 0 aromatic heterocycles. The molecule has 0 aliphatic carbocycles. The van der Waals surface area contributed by atoms with Crippen molar-refractivity contribution in [2.75, 3.05) is 40.0 Å². The predicted octanol–water partition coefficient (Wildman–Crippen LogP) is 1.45. The van der Waals surface area contributed by atoms with Crippen LogP contribution >= 0.6 is 0 Å². The van der Waals surface area contributed by atoms with E-state index in [9.17, 15) is 9.90 Å². The van der Waals surface area contributed by atoms with Gasteiger partial charge in [-0.1, -0.05) is 30.3 Å². The summed E-state index contributed by atoms with van der Waals surface area (Å²) in [5.41, 5.74) is 0.816. The monoisotopic (exact) mass is 307 g/mol. The van der Waals surface area contributed by atoms with Crippen molar-refractivity contribution in [3.8, 4) is 0 Å². The maximum Gasteiger partial charge on any atom is 0.248 e. The summed E-state index contributed by atoms with van der Waals surface area (Å²) >= 11 is 0. The van der Waals surface area contributed by atoms with Gasteiger partial charge in [0.05, 0.1) is 13.2 Å². The normalized spacial score (nSPS) is 17.2. The van der Waals surface area contributed by atoms with Gasteiger partial charge in [-0.2, -0.15) is 0 Å². The summed E-state index contributed by atoms with van der Waals surface area (Å²) in [5.74, 6) is -0.0600. The number of aliphatic hydroxyl groups is 1. The molecule has 0 radical (unpaired) electrons.